The molecule has 1 aliphatic heterocycles. The molecule has 2 N–H and O–H groups in total. The fraction of sp³-hybridized carbons (Fsp3) is 1.00. The molecular weight excluding hydrogens is 412 g/mol. The number of aliphatic hydroxyl groups excluding tert-OH is 2. The number of rotatable bonds is 3. The second-order valence-electron chi connectivity index (χ2n) is 14.6. The van der Waals surface area contributed by atoms with Gasteiger partial charge in [0.05, 0.1) is 30.0 Å². The predicted molar refractivity (Wildman–Crippen MR) is 129 cm³/mol. The van der Waals surface area contributed by atoms with E-state index in [1.807, 2.05) is 0 Å². The first-order valence-electron chi connectivity index (χ1n) is 14.0. The molecule has 0 amide bonds. The van der Waals surface area contributed by atoms with Crippen LogP contribution in [-0.4, -0.2) is 47.3 Å². The van der Waals surface area contributed by atoms with Crippen molar-refractivity contribution < 1.29 is 19.7 Å². The van der Waals surface area contributed by atoms with Gasteiger partial charge in [-0.15, -0.1) is 0 Å². The summed E-state index contributed by atoms with van der Waals surface area (Å²) < 4.78 is 12.4. The van der Waals surface area contributed by atoms with Crippen LogP contribution in [-0.2, 0) is 9.47 Å². The van der Waals surface area contributed by atoms with Gasteiger partial charge in [0, 0.05) is 13.0 Å². The molecule has 2 spiro atoms. The van der Waals surface area contributed by atoms with Crippen LogP contribution in [0.3, 0.4) is 0 Å². The quantitative estimate of drug-likeness (QED) is 0.597. The van der Waals surface area contributed by atoms with Gasteiger partial charge in [0.15, 0.2) is 0 Å². The van der Waals surface area contributed by atoms with Gasteiger partial charge in [0.25, 0.3) is 0 Å². The standard InChI is InChI=1S/C29H48O4/c1-25(2)21-9-7-17-18-15-19(30)24(20-8-10-23(33-20)26(3,4)32-6)27(18,5)13-14-28(17)16-29(21,28)12-11-22(25)31/h17-24,30-31H,7-16H2,1-6H3/t17-,18?,19-,20?,21-,22-,23-,24+,27-,28?,29+/m0/s1. The topological polar surface area (TPSA) is 58.9 Å². The molecule has 1 saturated heterocycles. The Morgan fingerprint density at radius 1 is 0.879 bits per heavy atom. The number of methoxy groups -OCH3 is 1. The lowest BCUT2D eigenvalue weighted by atomic mass is 9.46. The summed E-state index contributed by atoms with van der Waals surface area (Å²) in [4.78, 5) is 0. The molecule has 11 atom stereocenters. The van der Waals surface area contributed by atoms with Crippen molar-refractivity contribution in [1.29, 1.82) is 0 Å². The molecule has 1 heterocycles. The first-order valence-corrected chi connectivity index (χ1v) is 14.0. The third-order valence-electron chi connectivity index (χ3n) is 13.1. The summed E-state index contributed by atoms with van der Waals surface area (Å²) in [5, 5.41) is 22.3. The molecule has 5 saturated carbocycles. The summed E-state index contributed by atoms with van der Waals surface area (Å²) in [6.07, 6.45) is 11.7. The summed E-state index contributed by atoms with van der Waals surface area (Å²) in [5.74, 6) is 2.31. The lowest BCUT2D eigenvalue weighted by Gasteiger charge is -2.59. The molecule has 6 fully saturated rings. The minimum Gasteiger partial charge on any atom is -0.393 e. The lowest BCUT2D eigenvalue weighted by molar-refractivity contribution is -0.151. The van der Waals surface area contributed by atoms with Crippen molar-refractivity contribution in [2.24, 2.45) is 45.3 Å². The molecule has 4 nitrogen and oxygen atoms in total. The van der Waals surface area contributed by atoms with E-state index in [2.05, 4.69) is 34.6 Å². The minimum atomic E-state index is -0.271. The maximum Gasteiger partial charge on any atom is 0.0883 e. The molecule has 3 unspecified atom stereocenters. The zero-order chi connectivity index (χ0) is 23.6. The normalized spacial score (nSPS) is 57.1. The van der Waals surface area contributed by atoms with Crippen molar-refractivity contribution in [3.63, 3.8) is 0 Å². The fourth-order valence-electron chi connectivity index (χ4n) is 11.2. The number of hydrogen-bond acceptors (Lipinski definition) is 4. The molecule has 6 aliphatic rings. The van der Waals surface area contributed by atoms with Gasteiger partial charge >= 0.3 is 0 Å². The van der Waals surface area contributed by atoms with Gasteiger partial charge < -0.3 is 19.7 Å². The SMILES string of the molecule is COC(C)(C)[C@@H]1CCC([C@H]2[C@@H](O)CC3[C@@H]4CC[C@H]5C(C)(C)[C@@H](O)CC[C@@]56CC46CC[C@@]32C)O1. The van der Waals surface area contributed by atoms with Crippen molar-refractivity contribution in [2.45, 2.75) is 129 Å². The second kappa shape index (κ2) is 6.99. The Morgan fingerprint density at radius 2 is 1.64 bits per heavy atom. The van der Waals surface area contributed by atoms with E-state index in [0.717, 1.165) is 31.6 Å². The fourth-order valence-corrected chi connectivity index (χ4v) is 11.2. The summed E-state index contributed by atoms with van der Waals surface area (Å²) in [6, 6.07) is 0. The van der Waals surface area contributed by atoms with Crippen LogP contribution < -0.4 is 0 Å². The highest BCUT2D eigenvalue weighted by Crippen LogP contribution is 2.87. The summed E-state index contributed by atoms with van der Waals surface area (Å²) in [5.41, 5.74) is 0.925. The predicted octanol–water partition coefficient (Wildman–Crippen LogP) is 5.34. The summed E-state index contributed by atoms with van der Waals surface area (Å²) >= 11 is 0. The van der Waals surface area contributed by atoms with Crippen LogP contribution in [0.5, 0.6) is 0 Å². The molecule has 5 aliphatic carbocycles. The van der Waals surface area contributed by atoms with Crippen LogP contribution in [0.4, 0.5) is 0 Å². The van der Waals surface area contributed by atoms with E-state index in [-0.39, 0.29) is 46.8 Å². The highest BCUT2D eigenvalue weighted by Gasteiger charge is 2.80. The van der Waals surface area contributed by atoms with E-state index in [1.54, 1.807) is 7.11 Å². The van der Waals surface area contributed by atoms with Crippen molar-refractivity contribution in [3.05, 3.63) is 0 Å². The van der Waals surface area contributed by atoms with Gasteiger partial charge in [0.1, 0.15) is 0 Å². The van der Waals surface area contributed by atoms with Crippen LogP contribution in [0.15, 0.2) is 0 Å². The van der Waals surface area contributed by atoms with Crippen LogP contribution in [0, 0.1) is 45.3 Å². The van der Waals surface area contributed by atoms with Gasteiger partial charge in [-0.3, -0.25) is 0 Å². The van der Waals surface area contributed by atoms with Crippen LogP contribution in [0.25, 0.3) is 0 Å². The van der Waals surface area contributed by atoms with E-state index in [1.165, 1.54) is 38.5 Å². The molecule has 6 rings (SSSR count). The second-order valence-corrected chi connectivity index (χ2v) is 14.6. The Balaban J connectivity index is 1.26. The van der Waals surface area contributed by atoms with Gasteiger partial charge in [-0.25, -0.2) is 0 Å². The molecule has 0 aromatic carbocycles. The Labute approximate surface area is 201 Å². The molecule has 4 heteroatoms. The first-order chi connectivity index (χ1) is 15.4. The third-order valence-corrected chi connectivity index (χ3v) is 13.1. The maximum absolute atomic E-state index is 11.5. The van der Waals surface area contributed by atoms with Gasteiger partial charge in [0.2, 0.25) is 0 Å². The van der Waals surface area contributed by atoms with Crippen molar-refractivity contribution in [3.8, 4) is 0 Å². The number of aliphatic hydroxyl groups is 2. The van der Waals surface area contributed by atoms with E-state index in [9.17, 15) is 10.2 Å². The van der Waals surface area contributed by atoms with Crippen LogP contribution >= 0.6 is 0 Å². The summed E-state index contributed by atoms with van der Waals surface area (Å²) in [6.45, 7) is 11.5. The number of hydrogen-bond donors (Lipinski definition) is 2. The van der Waals surface area contributed by atoms with E-state index < -0.39 is 0 Å². The minimum absolute atomic E-state index is 0.0477. The largest absolute Gasteiger partial charge is 0.393 e. The smallest absolute Gasteiger partial charge is 0.0883 e. The molecule has 188 valence electrons. The molecule has 33 heavy (non-hydrogen) atoms. The van der Waals surface area contributed by atoms with E-state index in [4.69, 9.17) is 9.47 Å². The Bertz CT molecular complexity index is 807. The van der Waals surface area contributed by atoms with Gasteiger partial charge in [-0.05, 0) is 117 Å². The highest BCUT2D eigenvalue weighted by atomic mass is 16.6. The molecule has 0 aromatic rings. The molecular formula is C29H48O4. The molecule has 0 radical (unpaired) electrons. The van der Waals surface area contributed by atoms with Crippen molar-refractivity contribution >= 4 is 0 Å². The maximum atomic E-state index is 11.5. The van der Waals surface area contributed by atoms with E-state index >= 15 is 0 Å². The summed E-state index contributed by atoms with van der Waals surface area (Å²) in [7, 11) is 1.78. The third kappa shape index (κ3) is 2.79. The van der Waals surface area contributed by atoms with Gasteiger partial charge in [-0.2, -0.15) is 0 Å². The van der Waals surface area contributed by atoms with Crippen LogP contribution in [0.1, 0.15) is 98.8 Å². The molecule has 0 bridgehead atoms. The van der Waals surface area contributed by atoms with Crippen molar-refractivity contribution in [2.75, 3.05) is 7.11 Å². The Hall–Kier alpha value is -0.160. The first kappa shape index (κ1) is 23.3. The van der Waals surface area contributed by atoms with Crippen molar-refractivity contribution in [1.82, 2.24) is 0 Å². The zero-order valence-corrected chi connectivity index (χ0v) is 21.9. The van der Waals surface area contributed by atoms with Crippen LogP contribution in [0.2, 0.25) is 0 Å². The lowest BCUT2D eigenvalue weighted by Crippen LogP contribution is -2.54. The number of fused-ring (bicyclic) bond motifs is 2. The highest BCUT2D eigenvalue weighted by molar-refractivity contribution is 5.29. The number of ether oxygens (including phenoxy) is 2. The van der Waals surface area contributed by atoms with E-state index in [0.29, 0.717) is 22.7 Å². The Kier molecular flexibility index (Phi) is 4.92. The van der Waals surface area contributed by atoms with Gasteiger partial charge in [-0.1, -0.05) is 20.8 Å². The Morgan fingerprint density at radius 3 is 2.36 bits per heavy atom. The average Bonchev–Trinajstić information content (AvgIpc) is 3.01. The monoisotopic (exact) mass is 460 g/mol. The zero-order valence-electron chi connectivity index (χ0n) is 21.9. The molecule has 0 aromatic heterocycles. The average molecular weight is 461 g/mol.